The zero-order chi connectivity index (χ0) is 11.8. The van der Waals surface area contributed by atoms with Crippen LogP contribution in [0.5, 0.6) is 0 Å². The second kappa shape index (κ2) is 7.12. The van der Waals surface area contributed by atoms with Gasteiger partial charge in [-0.2, -0.15) is 0 Å². The Morgan fingerprint density at radius 2 is 2.06 bits per heavy atom. The highest BCUT2D eigenvalue weighted by Crippen LogP contribution is 2.10. The van der Waals surface area contributed by atoms with Crippen molar-refractivity contribution >= 4 is 5.57 Å². The van der Waals surface area contributed by atoms with Gasteiger partial charge in [0, 0.05) is 18.0 Å². The van der Waals surface area contributed by atoms with Gasteiger partial charge in [-0.05, 0) is 37.9 Å². The first-order valence-electron chi connectivity index (χ1n) is 5.83. The van der Waals surface area contributed by atoms with E-state index in [-0.39, 0.29) is 0 Å². The lowest BCUT2D eigenvalue weighted by Gasteiger charge is -2.05. The standard InChI is InChI=1S/C13H21N3/c1-11(2)7-14-6-4-5-12(3)13-8-15-10-16-9-13/h5,8-11,14H,4,6-7H2,1-3H3. The summed E-state index contributed by atoms with van der Waals surface area (Å²) in [5, 5.41) is 3.42. The summed E-state index contributed by atoms with van der Waals surface area (Å²) in [6.07, 6.45) is 8.53. The van der Waals surface area contributed by atoms with Gasteiger partial charge >= 0.3 is 0 Å². The largest absolute Gasteiger partial charge is 0.316 e. The van der Waals surface area contributed by atoms with Crippen LogP contribution in [0.3, 0.4) is 0 Å². The van der Waals surface area contributed by atoms with Crippen LogP contribution in [0, 0.1) is 5.92 Å². The van der Waals surface area contributed by atoms with Crippen molar-refractivity contribution in [3.05, 3.63) is 30.4 Å². The topological polar surface area (TPSA) is 37.8 Å². The maximum Gasteiger partial charge on any atom is 0.115 e. The Morgan fingerprint density at radius 1 is 1.38 bits per heavy atom. The summed E-state index contributed by atoms with van der Waals surface area (Å²) in [4.78, 5) is 8.01. The van der Waals surface area contributed by atoms with E-state index < -0.39 is 0 Å². The van der Waals surface area contributed by atoms with Crippen LogP contribution >= 0.6 is 0 Å². The second-order valence-corrected chi connectivity index (χ2v) is 4.40. The molecule has 0 bridgehead atoms. The predicted molar refractivity (Wildman–Crippen MR) is 68.0 cm³/mol. The van der Waals surface area contributed by atoms with Crippen LogP contribution in [-0.4, -0.2) is 23.1 Å². The summed E-state index contributed by atoms with van der Waals surface area (Å²) in [5.41, 5.74) is 2.35. The third-order valence-electron chi connectivity index (χ3n) is 2.34. The van der Waals surface area contributed by atoms with E-state index in [9.17, 15) is 0 Å². The quantitative estimate of drug-likeness (QED) is 0.747. The Labute approximate surface area is 98.0 Å². The lowest BCUT2D eigenvalue weighted by Crippen LogP contribution is -2.20. The molecule has 0 saturated carbocycles. The van der Waals surface area contributed by atoms with Crippen molar-refractivity contribution in [1.82, 2.24) is 15.3 Å². The fraction of sp³-hybridized carbons (Fsp3) is 0.538. The molecule has 0 radical (unpaired) electrons. The lowest BCUT2D eigenvalue weighted by molar-refractivity contribution is 0.557. The third-order valence-corrected chi connectivity index (χ3v) is 2.34. The van der Waals surface area contributed by atoms with Crippen molar-refractivity contribution < 1.29 is 0 Å². The van der Waals surface area contributed by atoms with Crippen LogP contribution in [0.25, 0.3) is 5.57 Å². The van der Waals surface area contributed by atoms with Crippen molar-refractivity contribution in [3.63, 3.8) is 0 Å². The minimum Gasteiger partial charge on any atom is -0.316 e. The van der Waals surface area contributed by atoms with Gasteiger partial charge in [0.1, 0.15) is 6.33 Å². The molecular formula is C13H21N3. The molecule has 0 aromatic carbocycles. The molecule has 1 aromatic heterocycles. The minimum atomic E-state index is 0.715. The van der Waals surface area contributed by atoms with Gasteiger partial charge in [0.05, 0.1) is 0 Å². The fourth-order valence-corrected chi connectivity index (χ4v) is 1.40. The fourth-order valence-electron chi connectivity index (χ4n) is 1.40. The first kappa shape index (κ1) is 12.8. The predicted octanol–water partition coefficient (Wildman–Crippen LogP) is 2.52. The molecule has 0 aliphatic heterocycles. The molecule has 0 amide bonds. The Kier molecular flexibility index (Phi) is 5.72. The number of allylic oxidation sites excluding steroid dienone is 1. The average molecular weight is 219 g/mol. The van der Waals surface area contributed by atoms with Crippen LogP contribution in [0.2, 0.25) is 0 Å². The van der Waals surface area contributed by atoms with Gasteiger partial charge in [0.15, 0.2) is 0 Å². The molecule has 0 unspecified atom stereocenters. The molecule has 1 rings (SSSR count). The maximum atomic E-state index is 4.01. The summed E-state index contributed by atoms with van der Waals surface area (Å²) < 4.78 is 0. The van der Waals surface area contributed by atoms with Crippen LogP contribution < -0.4 is 5.32 Å². The molecule has 88 valence electrons. The summed E-state index contributed by atoms with van der Waals surface area (Å²) in [7, 11) is 0. The van der Waals surface area contributed by atoms with E-state index in [2.05, 4.69) is 42.1 Å². The summed E-state index contributed by atoms with van der Waals surface area (Å²) in [6, 6.07) is 0. The Bertz CT molecular complexity index is 317. The van der Waals surface area contributed by atoms with Crippen LogP contribution in [0.1, 0.15) is 32.8 Å². The molecule has 1 aromatic rings. The van der Waals surface area contributed by atoms with Crippen LogP contribution in [0.15, 0.2) is 24.8 Å². The van der Waals surface area contributed by atoms with Gasteiger partial charge in [0.2, 0.25) is 0 Å². The molecule has 3 heteroatoms. The van der Waals surface area contributed by atoms with E-state index in [1.807, 2.05) is 12.4 Å². The third kappa shape index (κ3) is 5.03. The zero-order valence-electron chi connectivity index (χ0n) is 10.4. The van der Waals surface area contributed by atoms with Crippen molar-refractivity contribution in [2.45, 2.75) is 27.2 Å². The van der Waals surface area contributed by atoms with Gasteiger partial charge in [-0.1, -0.05) is 19.9 Å². The first-order valence-corrected chi connectivity index (χ1v) is 5.83. The number of rotatable bonds is 6. The molecule has 0 saturated heterocycles. The number of hydrogen-bond donors (Lipinski definition) is 1. The van der Waals surface area contributed by atoms with Crippen molar-refractivity contribution in [3.8, 4) is 0 Å². The van der Waals surface area contributed by atoms with E-state index >= 15 is 0 Å². The van der Waals surface area contributed by atoms with Gasteiger partial charge < -0.3 is 5.32 Å². The Morgan fingerprint density at radius 3 is 2.69 bits per heavy atom. The molecule has 3 nitrogen and oxygen atoms in total. The molecule has 0 aliphatic rings. The van der Waals surface area contributed by atoms with Crippen LogP contribution in [-0.2, 0) is 0 Å². The number of hydrogen-bond acceptors (Lipinski definition) is 3. The van der Waals surface area contributed by atoms with Gasteiger partial charge in [0.25, 0.3) is 0 Å². The highest BCUT2D eigenvalue weighted by atomic mass is 14.8. The normalized spacial score (nSPS) is 12.1. The first-order chi connectivity index (χ1) is 7.70. The molecule has 1 heterocycles. The molecular weight excluding hydrogens is 198 g/mol. The van der Waals surface area contributed by atoms with E-state index in [4.69, 9.17) is 0 Å². The van der Waals surface area contributed by atoms with Crippen molar-refractivity contribution in [2.75, 3.05) is 13.1 Å². The SMILES string of the molecule is CC(=CCCNCC(C)C)c1cncnc1. The number of nitrogens with zero attached hydrogens (tertiary/aromatic N) is 2. The van der Waals surface area contributed by atoms with E-state index in [0.29, 0.717) is 5.92 Å². The maximum absolute atomic E-state index is 4.01. The van der Waals surface area contributed by atoms with E-state index in [1.54, 1.807) is 6.33 Å². The molecule has 0 atom stereocenters. The summed E-state index contributed by atoms with van der Waals surface area (Å²) in [5.74, 6) is 0.715. The van der Waals surface area contributed by atoms with Gasteiger partial charge in [-0.3, -0.25) is 0 Å². The van der Waals surface area contributed by atoms with Gasteiger partial charge in [-0.15, -0.1) is 0 Å². The van der Waals surface area contributed by atoms with Crippen LogP contribution in [0.4, 0.5) is 0 Å². The zero-order valence-corrected chi connectivity index (χ0v) is 10.4. The average Bonchev–Trinajstić information content (AvgIpc) is 2.29. The number of aromatic nitrogens is 2. The molecule has 16 heavy (non-hydrogen) atoms. The highest BCUT2D eigenvalue weighted by Gasteiger charge is 1.95. The Balaban J connectivity index is 2.29. The Hall–Kier alpha value is -1.22. The second-order valence-electron chi connectivity index (χ2n) is 4.40. The number of nitrogens with one attached hydrogen (secondary N) is 1. The monoisotopic (exact) mass is 219 g/mol. The van der Waals surface area contributed by atoms with Crippen molar-refractivity contribution in [2.24, 2.45) is 5.92 Å². The van der Waals surface area contributed by atoms with Crippen molar-refractivity contribution in [1.29, 1.82) is 0 Å². The molecule has 0 aliphatic carbocycles. The van der Waals surface area contributed by atoms with Gasteiger partial charge in [-0.25, -0.2) is 9.97 Å². The summed E-state index contributed by atoms with van der Waals surface area (Å²) in [6.45, 7) is 8.65. The molecule has 0 spiro atoms. The smallest absolute Gasteiger partial charge is 0.115 e. The van der Waals surface area contributed by atoms with E-state index in [0.717, 1.165) is 25.1 Å². The highest BCUT2D eigenvalue weighted by molar-refractivity contribution is 5.61. The molecule has 0 fully saturated rings. The lowest BCUT2D eigenvalue weighted by atomic mass is 10.1. The minimum absolute atomic E-state index is 0.715. The summed E-state index contributed by atoms with van der Waals surface area (Å²) >= 11 is 0. The van der Waals surface area contributed by atoms with E-state index in [1.165, 1.54) is 5.57 Å². The molecule has 1 N–H and O–H groups in total.